The van der Waals surface area contributed by atoms with E-state index in [-0.39, 0.29) is 12.0 Å². The van der Waals surface area contributed by atoms with Crippen LogP contribution in [0.15, 0.2) is 28.8 Å². The monoisotopic (exact) mass is 386 g/mol. The van der Waals surface area contributed by atoms with Crippen LogP contribution in [0.1, 0.15) is 36.2 Å². The second-order valence-electron chi connectivity index (χ2n) is 7.47. The number of hydrogen-bond acceptors (Lipinski definition) is 7. The van der Waals surface area contributed by atoms with Gasteiger partial charge < -0.3 is 24.6 Å². The van der Waals surface area contributed by atoms with Crippen molar-refractivity contribution in [3.05, 3.63) is 41.5 Å². The Morgan fingerprint density at radius 1 is 1.43 bits per heavy atom. The third-order valence-electron chi connectivity index (χ3n) is 5.41. The number of carbonyl (C=O) groups is 1. The average Bonchev–Trinajstić information content (AvgIpc) is 3.36. The minimum atomic E-state index is -0.424. The molecule has 0 spiro atoms. The highest BCUT2D eigenvalue weighted by Gasteiger charge is 2.44. The van der Waals surface area contributed by atoms with Crippen LogP contribution in [0.25, 0.3) is 0 Å². The predicted octanol–water partition coefficient (Wildman–Crippen LogP) is 1.42. The van der Waals surface area contributed by atoms with Crippen LogP contribution in [-0.4, -0.2) is 49.4 Å². The van der Waals surface area contributed by atoms with Crippen LogP contribution in [0.3, 0.4) is 0 Å². The molecule has 2 aromatic rings. The zero-order valence-corrected chi connectivity index (χ0v) is 16.1. The van der Waals surface area contributed by atoms with Crippen molar-refractivity contribution in [3.63, 3.8) is 0 Å². The molecule has 1 atom stereocenters. The van der Waals surface area contributed by atoms with Gasteiger partial charge in [-0.15, -0.1) is 0 Å². The number of aromatic nitrogens is 2. The van der Waals surface area contributed by atoms with Crippen LogP contribution in [0, 0.1) is 5.41 Å². The normalized spacial score (nSPS) is 20.5. The first-order valence-electron chi connectivity index (χ1n) is 9.75. The molecule has 0 radical (unpaired) electrons. The molecule has 2 fully saturated rings. The fourth-order valence-corrected chi connectivity index (χ4v) is 3.71. The SMILES string of the molecule is COc1cccc(CC2(C(=O)NCCc3noc(C4CCCO4)n3)CNC2)c1. The maximum atomic E-state index is 12.8. The van der Waals surface area contributed by atoms with Gasteiger partial charge in [0.2, 0.25) is 5.91 Å². The Morgan fingerprint density at radius 2 is 2.32 bits per heavy atom. The molecule has 0 aliphatic carbocycles. The molecule has 2 aliphatic heterocycles. The Hall–Kier alpha value is -2.45. The Bertz CT molecular complexity index is 812. The van der Waals surface area contributed by atoms with Gasteiger partial charge in [0.25, 0.3) is 5.89 Å². The largest absolute Gasteiger partial charge is 0.497 e. The van der Waals surface area contributed by atoms with Gasteiger partial charge >= 0.3 is 0 Å². The molecule has 150 valence electrons. The van der Waals surface area contributed by atoms with E-state index in [0.29, 0.717) is 44.2 Å². The summed E-state index contributed by atoms with van der Waals surface area (Å²) in [6, 6.07) is 7.87. The van der Waals surface area contributed by atoms with Gasteiger partial charge in [0.1, 0.15) is 11.9 Å². The lowest BCUT2D eigenvalue weighted by molar-refractivity contribution is -0.133. The third kappa shape index (κ3) is 4.02. The number of ether oxygens (including phenoxy) is 2. The first-order valence-corrected chi connectivity index (χ1v) is 9.75. The number of carbonyl (C=O) groups excluding carboxylic acids is 1. The minimum absolute atomic E-state index is 0.0527. The van der Waals surface area contributed by atoms with Gasteiger partial charge in [0.15, 0.2) is 5.82 Å². The molecule has 3 heterocycles. The molecular formula is C20H26N4O4. The van der Waals surface area contributed by atoms with Gasteiger partial charge in [-0.2, -0.15) is 4.98 Å². The number of benzene rings is 1. The number of rotatable bonds is 8. The Morgan fingerprint density at radius 3 is 3.04 bits per heavy atom. The van der Waals surface area contributed by atoms with Crippen LogP contribution in [0.2, 0.25) is 0 Å². The Kier molecular flexibility index (Phi) is 5.59. The van der Waals surface area contributed by atoms with E-state index < -0.39 is 5.41 Å². The van der Waals surface area contributed by atoms with Crippen LogP contribution >= 0.6 is 0 Å². The van der Waals surface area contributed by atoms with Gasteiger partial charge in [-0.1, -0.05) is 17.3 Å². The highest BCUT2D eigenvalue weighted by Crippen LogP contribution is 2.29. The molecule has 1 aromatic heterocycles. The summed E-state index contributed by atoms with van der Waals surface area (Å²) in [6.45, 7) is 2.55. The Labute approximate surface area is 164 Å². The smallest absolute Gasteiger partial charge is 0.255 e. The standard InChI is InChI=1S/C20H26N4O4/c1-26-15-5-2-4-14(10-15)11-20(12-21-13-20)19(25)22-8-7-17-23-18(28-24-17)16-6-3-9-27-16/h2,4-5,10,16,21H,3,6-9,11-13H2,1H3,(H,22,25). The number of nitrogens with one attached hydrogen (secondary N) is 2. The molecule has 8 nitrogen and oxygen atoms in total. The summed E-state index contributed by atoms with van der Waals surface area (Å²) in [5.74, 6) is 1.99. The summed E-state index contributed by atoms with van der Waals surface area (Å²) in [5.41, 5.74) is 0.669. The van der Waals surface area contributed by atoms with Crippen molar-refractivity contribution in [2.45, 2.75) is 31.8 Å². The predicted molar refractivity (Wildman–Crippen MR) is 101 cm³/mol. The van der Waals surface area contributed by atoms with Crippen LogP contribution < -0.4 is 15.4 Å². The summed E-state index contributed by atoms with van der Waals surface area (Å²) in [5, 5.41) is 10.3. The lowest BCUT2D eigenvalue weighted by Gasteiger charge is -2.41. The van der Waals surface area contributed by atoms with Crippen molar-refractivity contribution in [1.82, 2.24) is 20.8 Å². The van der Waals surface area contributed by atoms with Crippen LogP contribution in [0.5, 0.6) is 5.75 Å². The number of amides is 1. The highest BCUT2D eigenvalue weighted by atomic mass is 16.5. The fourth-order valence-electron chi connectivity index (χ4n) is 3.71. The molecule has 1 amide bonds. The van der Waals surface area contributed by atoms with Crippen molar-refractivity contribution in [3.8, 4) is 5.75 Å². The Balaban J connectivity index is 1.30. The van der Waals surface area contributed by atoms with Gasteiger partial charge in [-0.3, -0.25) is 4.79 Å². The molecule has 2 aliphatic rings. The summed E-state index contributed by atoms with van der Waals surface area (Å²) in [4.78, 5) is 17.2. The van der Waals surface area contributed by atoms with E-state index in [1.807, 2.05) is 24.3 Å². The minimum Gasteiger partial charge on any atom is -0.497 e. The van der Waals surface area contributed by atoms with Gasteiger partial charge in [-0.25, -0.2) is 0 Å². The average molecular weight is 386 g/mol. The van der Waals surface area contributed by atoms with Crippen molar-refractivity contribution in [2.75, 3.05) is 33.4 Å². The van der Waals surface area contributed by atoms with E-state index in [2.05, 4.69) is 20.8 Å². The topological polar surface area (TPSA) is 98.5 Å². The van der Waals surface area contributed by atoms with Gasteiger partial charge in [-0.05, 0) is 37.0 Å². The lowest BCUT2D eigenvalue weighted by Crippen LogP contribution is -2.62. The molecular weight excluding hydrogens is 360 g/mol. The molecule has 8 heteroatoms. The van der Waals surface area contributed by atoms with Crippen molar-refractivity contribution in [1.29, 1.82) is 0 Å². The lowest BCUT2D eigenvalue weighted by atomic mass is 9.75. The van der Waals surface area contributed by atoms with E-state index in [9.17, 15) is 4.79 Å². The molecule has 2 N–H and O–H groups in total. The summed E-state index contributed by atoms with van der Waals surface area (Å²) in [7, 11) is 1.65. The first-order chi connectivity index (χ1) is 13.7. The fraction of sp³-hybridized carbons (Fsp3) is 0.550. The molecule has 0 bridgehead atoms. The van der Waals surface area contributed by atoms with E-state index in [1.54, 1.807) is 7.11 Å². The van der Waals surface area contributed by atoms with Gasteiger partial charge in [0.05, 0.1) is 12.5 Å². The zero-order chi connectivity index (χ0) is 19.4. The van der Waals surface area contributed by atoms with E-state index in [4.69, 9.17) is 14.0 Å². The van der Waals surface area contributed by atoms with E-state index in [0.717, 1.165) is 30.8 Å². The summed E-state index contributed by atoms with van der Waals surface area (Å²) < 4.78 is 16.1. The quantitative estimate of drug-likeness (QED) is 0.708. The molecule has 1 unspecified atom stereocenters. The van der Waals surface area contributed by atoms with Crippen LogP contribution in [0.4, 0.5) is 0 Å². The highest BCUT2D eigenvalue weighted by molar-refractivity contribution is 5.84. The van der Waals surface area contributed by atoms with Crippen molar-refractivity contribution >= 4 is 5.91 Å². The van der Waals surface area contributed by atoms with Crippen molar-refractivity contribution in [2.24, 2.45) is 5.41 Å². The summed E-state index contributed by atoms with van der Waals surface area (Å²) >= 11 is 0. The maximum absolute atomic E-state index is 12.8. The molecule has 4 rings (SSSR count). The third-order valence-corrected chi connectivity index (χ3v) is 5.41. The molecule has 28 heavy (non-hydrogen) atoms. The molecule has 0 saturated carbocycles. The van der Waals surface area contributed by atoms with Crippen LogP contribution in [-0.2, 0) is 22.4 Å². The number of methoxy groups -OCH3 is 1. The maximum Gasteiger partial charge on any atom is 0.255 e. The molecule has 1 aromatic carbocycles. The van der Waals surface area contributed by atoms with Gasteiger partial charge in [0, 0.05) is 32.7 Å². The summed E-state index contributed by atoms with van der Waals surface area (Å²) in [6.07, 6.45) is 3.06. The molecule has 2 saturated heterocycles. The second-order valence-corrected chi connectivity index (χ2v) is 7.47. The zero-order valence-electron chi connectivity index (χ0n) is 16.1. The number of hydrogen-bond donors (Lipinski definition) is 2. The second kappa shape index (κ2) is 8.28. The van der Waals surface area contributed by atoms with Crippen molar-refractivity contribution < 1.29 is 18.8 Å². The first kappa shape index (κ1) is 18.9. The number of nitrogens with zero attached hydrogens (tertiary/aromatic N) is 2. The van der Waals surface area contributed by atoms with E-state index >= 15 is 0 Å². The van der Waals surface area contributed by atoms with E-state index in [1.165, 1.54) is 0 Å².